The van der Waals surface area contributed by atoms with Gasteiger partial charge in [0.25, 0.3) is 21.6 Å². The second-order valence-corrected chi connectivity index (χ2v) is 8.32. The number of aryl methyl sites for hydroxylation is 1. The number of benzene rings is 3. The van der Waals surface area contributed by atoms with Gasteiger partial charge in [-0.1, -0.05) is 18.2 Å². The molecule has 0 aliphatic heterocycles. The summed E-state index contributed by atoms with van der Waals surface area (Å²) in [5, 5.41) is 13.7. The van der Waals surface area contributed by atoms with Crippen LogP contribution in [0.4, 0.5) is 17.1 Å². The zero-order chi connectivity index (χ0) is 21.9. The molecule has 0 heterocycles. The Morgan fingerprint density at radius 2 is 1.63 bits per heavy atom. The van der Waals surface area contributed by atoms with Crippen molar-refractivity contribution >= 4 is 33.0 Å². The van der Waals surface area contributed by atoms with E-state index in [1.807, 2.05) is 32.0 Å². The molecule has 0 unspecified atom stereocenters. The molecule has 0 aliphatic carbocycles. The van der Waals surface area contributed by atoms with Crippen molar-refractivity contribution < 1.29 is 18.1 Å². The standard InChI is InChI=1S/C21H19N3O5S/c1-14-5-3-8-20(15(14)2)22-21(25)16-9-11-17(12-10-16)23-30(28,29)19-7-4-6-18(13-19)24(26)27/h3-13,23H,1-2H3,(H,22,25). The smallest absolute Gasteiger partial charge is 0.270 e. The van der Waals surface area contributed by atoms with Crippen LogP contribution in [0.2, 0.25) is 0 Å². The van der Waals surface area contributed by atoms with Crippen LogP contribution in [0.15, 0.2) is 71.6 Å². The zero-order valence-corrected chi connectivity index (χ0v) is 17.1. The van der Waals surface area contributed by atoms with Crippen LogP contribution in [-0.4, -0.2) is 19.2 Å². The molecule has 3 aromatic carbocycles. The van der Waals surface area contributed by atoms with Crippen molar-refractivity contribution in [2.24, 2.45) is 0 Å². The van der Waals surface area contributed by atoms with Crippen molar-refractivity contribution in [3.63, 3.8) is 0 Å². The predicted octanol–water partition coefficient (Wildman–Crippen LogP) is 4.26. The van der Waals surface area contributed by atoms with E-state index in [-0.39, 0.29) is 22.2 Å². The Hall–Kier alpha value is -3.72. The van der Waals surface area contributed by atoms with Gasteiger partial charge in [0.15, 0.2) is 0 Å². The minimum absolute atomic E-state index is 0.227. The number of anilines is 2. The summed E-state index contributed by atoms with van der Waals surface area (Å²) < 4.78 is 27.3. The normalized spacial score (nSPS) is 11.0. The van der Waals surface area contributed by atoms with Crippen molar-refractivity contribution in [1.29, 1.82) is 0 Å². The molecule has 154 valence electrons. The van der Waals surface area contributed by atoms with Gasteiger partial charge in [-0.3, -0.25) is 19.6 Å². The number of nitrogens with one attached hydrogen (secondary N) is 2. The van der Waals surface area contributed by atoms with Gasteiger partial charge in [-0.2, -0.15) is 0 Å². The van der Waals surface area contributed by atoms with Gasteiger partial charge in [-0.15, -0.1) is 0 Å². The Morgan fingerprint density at radius 1 is 0.967 bits per heavy atom. The van der Waals surface area contributed by atoms with Gasteiger partial charge in [0, 0.05) is 29.1 Å². The molecule has 30 heavy (non-hydrogen) atoms. The van der Waals surface area contributed by atoms with Crippen LogP contribution >= 0.6 is 0 Å². The average Bonchev–Trinajstić information content (AvgIpc) is 2.71. The van der Waals surface area contributed by atoms with Crippen LogP contribution in [0, 0.1) is 24.0 Å². The van der Waals surface area contributed by atoms with E-state index in [1.165, 1.54) is 42.5 Å². The molecule has 8 nitrogen and oxygen atoms in total. The first-order valence-corrected chi connectivity index (χ1v) is 10.4. The molecule has 2 N–H and O–H groups in total. The molecule has 0 spiro atoms. The molecular weight excluding hydrogens is 406 g/mol. The van der Waals surface area contributed by atoms with Gasteiger partial charge in [0.1, 0.15) is 0 Å². The molecule has 0 aliphatic rings. The first-order valence-electron chi connectivity index (χ1n) is 8.92. The number of nitro benzene ring substituents is 1. The van der Waals surface area contributed by atoms with Crippen molar-refractivity contribution in [3.8, 4) is 0 Å². The quantitative estimate of drug-likeness (QED) is 0.452. The van der Waals surface area contributed by atoms with E-state index in [4.69, 9.17) is 0 Å². The third-order valence-electron chi connectivity index (χ3n) is 4.59. The van der Waals surface area contributed by atoms with Crippen LogP contribution < -0.4 is 10.0 Å². The summed E-state index contributed by atoms with van der Waals surface area (Å²) in [4.78, 5) is 22.5. The van der Waals surface area contributed by atoms with Crippen LogP contribution in [0.1, 0.15) is 21.5 Å². The highest BCUT2D eigenvalue weighted by Gasteiger charge is 2.18. The first kappa shape index (κ1) is 21.0. The Kier molecular flexibility index (Phi) is 5.84. The molecule has 3 rings (SSSR count). The van der Waals surface area contributed by atoms with Crippen molar-refractivity contribution in [3.05, 3.63) is 93.5 Å². The summed E-state index contributed by atoms with van der Waals surface area (Å²) in [7, 11) is -4.02. The molecule has 9 heteroatoms. The van der Waals surface area contributed by atoms with E-state index in [0.29, 0.717) is 11.3 Å². The van der Waals surface area contributed by atoms with E-state index in [2.05, 4.69) is 10.0 Å². The lowest BCUT2D eigenvalue weighted by atomic mass is 10.1. The minimum Gasteiger partial charge on any atom is -0.322 e. The van der Waals surface area contributed by atoms with Crippen LogP contribution in [0.5, 0.6) is 0 Å². The SMILES string of the molecule is Cc1cccc(NC(=O)c2ccc(NS(=O)(=O)c3cccc([N+](=O)[O-])c3)cc2)c1C. The summed E-state index contributed by atoms with van der Waals surface area (Å²) >= 11 is 0. The second-order valence-electron chi connectivity index (χ2n) is 6.64. The third kappa shape index (κ3) is 4.64. The molecule has 0 bridgehead atoms. The maximum atomic E-state index is 12.5. The number of nitro groups is 1. The highest BCUT2D eigenvalue weighted by molar-refractivity contribution is 7.92. The fourth-order valence-electron chi connectivity index (χ4n) is 2.75. The summed E-state index contributed by atoms with van der Waals surface area (Å²) in [6.07, 6.45) is 0. The van der Waals surface area contributed by atoms with E-state index in [9.17, 15) is 23.3 Å². The fraction of sp³-hybridized carbons (Fsp3) is 0.0952. The summed E-state index contributed by atoms with van der Waals surface area (Å²) in [6, 6.07) is 16.3. The van der Waals surface area contributed by atoms with Gasteiger partial charge in [0.05, 0.1) is 9.82 Å². The fourth-order valence-corrected chi connectivity index (χ4v) is 3.85. The lowest BCUT2D eigenvalue weighted by Gasteiger charge is -2.11. The number of amides is 1. The maximum absolute atomic E-state index is 12.5. The van der Waals surface area contributed by atoms with Gasteiger partial charge in [-0.25, -0.2) is 8.42 Å². The number of nitrogens with zero attached hydrogens (tertiary/aromatic N) is 1. The van der Waals surface area contributed by atoms with Crippen molar-refractivity contribution in [1.82, 2.24) is 0 Å². The van der Waals surface area contributed by atoms with Crippen molar-refractivity contribution in [2.75, 3.05) is 10.0 Å². The van der Waals surface area contributed by atoms with E-state index in [1.54, 1.807) is 0 Å². The monoisotopic (exact) mass is 425 g/mol. The van der Waals surface area contributed by atoms with E-state index >= 15 is 0 Å². The molecule has 0 atom stereocenters. The van der Waals surface area contributed by atoms with Gasteiger partial charge >= 0.3 is 0 Å². The Labute approximate surface area is 173 Å². The van der Waals surface area contributed by atoms with E-state index in [0.717, 1.165) is 17.2 Å². The highest BCUT2D eigenvalue weighted by atomic mass is 32.2. The molecule has 0 saturated heterocycles. The predicted molar refractivity (Wildman–Crippen MR) is 114 cm³/mol. The van der Waals surface area contributed by atoms with Crippen LogP contribution in [0.3, 0.4) is 0 Å². The third-order valence-corrected chi connectivity index (χ3v) is 5.97. The number of hydrogen-bond acceptors (Lipinski definition) is 5. The highest BCUT2D eigenvalue weighted by Crippen LogP contribution is 2.22. The molecular formula is C21H19N3O5S. The number of carbonyl (C=O) groups excluding carboxylic acids is 1. The van der Waals surface area contributed by atoms with Crippen LogP contribution in [-0.2, 0) is 10.0 Å². The Morgan fingerprint density at radius 3 is 2.30 bits per heavy atom. The largest absolute Gasteiger partial charge is 0.322 e. The Bertz CT molecular complexity index is 1220. The average molecular weight is 425 g/mol. The number of sulfonamides is 1. The molecule has 0 aromatic heterocycles. The lowest BCUT2D eigenvalue weighted by molar-refractivity contribution is -0.385. The minimum atomic E-state index is -4.02. The number of rotatable bonds is 6. The first-order chi connectivity index (χ1) is 14.2. The second kappa shape index (κ2) is 8.34. The molecule has 0 fully saturated rings. The van der Waals surface area contributed by atoms with Crippen LogP contribution in [0.25, 0.3) is 0 Å². The Balaban J connectivity index is 1.75. The maximum Gasteiger partial charge on any atom is 0.270 e. The van der Waals surface area contributed by atoms with Crippen molar-refractivity contribution in [2.45, 2.75) is 18.7 Å². The van der Waals surface area contributed by atoms with Gasteiger partial charge in [-0.05, 0) is 61.4 Å². The van der Waals surface area contributed by atoms with Gasteiger partial charge in [0.2, 0.25) is 0 Å². The summed E-state index contributed by atoms with van der Waals surface area (Å²) in [5.41, 5.74) is 2.98. The molecule has 1 amide bonds. The lowest BCUT2D eigenvalue weighted by Crippen LogP contribution is -2.15. The van der Waals surface area contributed by atoms with Gasteiger partial charge < -0.3 is 5.32 Å². The topological polar surface area (TPSA) is 118 Å². The zero-order valence-electron chi connectivity index (χ0n) is 16.2. The van der Waals surface area contributed by atoms with E-state index < -0.39 is 14.9 Å². The molecule has 3 aromatic rings. The number of hydrogen-bond donors (Lipinski definition) is 2. The molecule has 0 radical (unpaired) electrons. The molecule has 0 saturated carbocycles. The summed E-state index contributed by atoms with van der Waals surface area (Å²) in [5.74, 6) is -0.322. The number of carbonyl (C=O) groups is 1. The summed E-state index contributed by atoms with van der Waals surface area (Å²) in [6.45, 7) is 3.87. The number of non-ortho nitro benzene ring substituents is 1.